The summed E-state index contributed by atoms with van der Waals surface area (Å²) in [7, 11) is 0. The monoisotopic (exact) mass is 198 g/mol. The van der Waals surface area contributed by atoms with Gasteiger partial charge in [-0.1, -0.05) is 0 Å². The van der Waals surface area contributed by atoms with Crippen LogP contribution in [0, 0.1) is 6.92 Å². The Morgan fingerprint density at radius 3 is 2.67 bits per heavy atom. The van der Waals surface area contributed by atoms with Crippen LogP contribution in [0.25, 0.3) is 0 Å². The summed E-state index contributed by atoms with van der Waals surface area (Å²) in [6.45, 7) is 1.82. The van der Waals surface area contributed by atoms with Crippen molar-refractivity contribution < 1.29 is 4.79 Å². The van der Waals surface area contributed by atoms with Crippen LogP contribution in [0.2, 0.25) is 0 Å². The van der Waals surface area contributed by atoms with Gasteiger partial charge >= 0.3 is 0 Å². The van der Waals surface area contributed by atoms with Crippen LogP contribution in [0.5, 0.6) is 0 Å². The van der Waals surface area contributed by atoms with Gasteiger partial charge in [-0.2, -0.15) is 0 Å². The highest BCUT2D eigenvalue weighted by Gasteiger charge is 2.11. The minimum Gasteiger partial charge on any atom is -0.288 e. The Kier molecular flexibility index (Phi) is 2.54. The van der Waals surface area contributed by atoms with Crippen molar-refractivity contribution in [2.75, 3.05) is 0 Å². The Balaban J connectivity index is 2.42. The zero-order chi connectivity index (χ0) is 10.7. The lowest BCUT2D eigenvalue weighted by atomic mass is 10.0. The summed E-state index contributed by atoms with van der Waals surface area (Å²) in [6, 6.07) is 7.04. The SMILES string of the molecule is Cc1ncccc1C(=O)c1cccnc1. The quantitative estimate of drug-likeness (QED) is 0.693. The predicted octanol–water partition coefficient (Wildman–Crippen LogP) is 2.02. The molecular formula is C12H10N2O. The molecular weight excluding hydrogens is 188 g/mol. The maximum Gasteiger partial charge on any atom is 0.196 e. The minimum atomic E-state index is -0.0336. The van der Waals surface area contributed by atoms with Crippen LogP contribution in [0.4, 0.5) is 0 Å². The van der Waals surface area contributed by atoms with Gasteiger partial charge in [-0.05, 0) is 31.2 Å². The van der Waals surface area contributed by atoms with E-state index in [2.05, 4.69) is 9.97 Å². The van der Waals surface area contributed by atoms with E-state index >= 15 is 0 Å². The van der Waals surface area contributed by atoms with Gasteiger partial charge in [0.2, 0.25) is 0 Å². The zero-order valence-electron chi connectivity index (χ0n) is 8.34. The largest absolute Gasteiger partial charge is 0.288 e. The molecule has 0 N–H and O–H groups in total. The average Bonchev–Trinajstić information content (AvgIpc) is 2.30. The van der Waals surface area contributed by atoms with E-state index in [1.807, 2.05) is 6.92 Å². The van der Waals surface area contributed by atoms with E-state index in [-0.39, 0.29) is 5.78 Å². The molecule has 0 fully saturated rings. The summed E-state index contributed by atoms with van der Waals surface area (Å²) in [5, 5.41) is 0. The summed E-state index contributed by atoms with van der Waals surface area (Å²) in [5.41, 5.74) is 1.96. The maximum atomic E-state index is 12.0. The number of nitrogens with zero attached hydrogens (tertiary/aromatic N) is 2. The molecule has 0 aliphatic rings. The second kappa shape index (κ2) is 4.00. The predicted molar refractivity (Wildman–Crippen MR) is 56.6 cm³/mol. The van der Waals surface area contributed by atoms with Crippen LogP contribution in [0.3, 0.4) is 0 Å². The third-order valence-corrected chi connectivity index (χ3v) is 2.18. The average molecular weight is 198 g/mol. The second-order valence-corrected chi connectivity index (χ2v) is 3.21. The van der Waals surface area contributed by atoms with E-state index in [1.54, 1.807) is 42.9 Å². The molecule has 0 atom stereocenters. The number of hydrogen-bond acceptors (Lipinski definition) is 3. The van der Waals surface area contributed by atoms with E-state index in [1.165, 1.54) is 0 Å². The van der Waals surface area contributed by atoms with Crippen molar-refractivity contribution in [2.45, 2.75) is 6.92 Å². The first-order chi connectivity index (χ1) is 7.29. The first-order valence-corrected chi connectivity index (χ1v) is 4.65. The van der Waals surface area contributed by atoms with E-state index in [4.69, 9.17) is 0 Å². The molecule has 0 saturated carbocycles. The van der Waals surface area contributed by atoms with Gasteiger partial charge in [0.05, 0.1) is 0 Å². The lowest BCUT2D eigenvalue weighted by Crippen LogP contribution is -2.04. The van der Waals surface area contributed by atoms with Crippen LogP contribution in [-0.4, -0.2) is 15.8 Å². The summed E-state index contributed by atoms with van der Waals surface area (Å²) in [6.07, 6.45) is 4.89. The second-order valence-electron chi connectivity index (χ2n) is 3.21. The molecule has 3 heteroatoms. The zero-order valence-corrected chi connectivity index (χ0v) is 8.34. The smallest absolute Gasteiger partial charge is 0.196 e. The fraction of sp³-hybridized carbons (Fsp3) is 0.0833. The topological polar surface area (TPSA) is 42.9 Å². The molecule has 0 aliphatic heterocycles. The Labute approximate surface area is 87.8 Å². The minimum absolute atomic E-state index is 0.0336. The van der Waals surface area contributed by atoms with Gasteiger partial charge in [0.25, 0.3) is 0 Å². The normalized spacial score (nSPS) is 9.93. The van der Waals surface area contributed by atoms with Crippen molar-refractivity contribution in [1.29, 1.82) is 0 Å². The van der Waals surface area contributed by atoms with Gasteiger partial charge in [-0.15, -0.1) is 0 Å². The van der Waals surface area contributed by atoms with Crippen molar-refractivity contribution >= 4 is 5.78 Å². The van der Waals surface area contributed by atoms with Crippen LogP contribution in [0.1, 0.15) is 21.6 Å². The van der Waals surface area contributed by atoms with Crippen LogP contribution >= 0.6 is 0 Å². The van der Waals surface area contributed by atoms with E-state index in [9.17, 15) is 4.79 Å². The van der Waals surface area contributed by atoms with Crippen molar-refractivity contribution in [2.24, 2.45) is 0 Å². The highest BCUT2D eigenvalue weighted by molar-refractivity contribution is 6.09. The lowest BCUT2D eigenvalue weighted by Gasteiger charge is -2.02. The molecule has 0 aromatic carbocycles. The van der Waals surface area contributed by atoms with Crippen LogP contribution < -0.4 is 0 Å². The van der Waals surface area contributed by atoms with Gasteiger partial charge in [0.15, 0.2) is 5.78 Å². The molecule has 0 saturated heterocycles. The Hall–Kier alpha value is -2.03. The number of ketones is 1. The molecule has 0 unspecified atom stereocenters. The molecule has 0 spiro atoms. The molecule has 15 heavy (non-hydrogen) atoms. The molecule has 0 amide bonds. The lowest BCUT2D eigenvalue weighted by molar-refractivity contribution is 0.103. The number of pyridine rings is 2. The number of aromatic nitrogens is 2. The van der Waals surface area contributed by atoms with Crippen molar-refractivity contribution in [1.82, 2.24) is 9.97 Å². The summed E-state index contributed by atoms with van der Waals surface area (Å²) in [4.78, 5) is 20.0. The van der Waals surface area contributed by atoms with E-state index in [0.29, 0.717) is 11.1 Å². The Morgan fingerprint density at radius 2 is 2.00 bits per heavy atom. The number of aryl methyl sites for hydroxylation is 1. The molecule has 2 heterocycles. The molecule has 2 aromatic heterocycles. The number of hydrogen-bond donors (Lipinski definition) is 0. The van der Waals surface area contributed by atoms with Gasteiger partial charge in [-0.25, -0.2) is 0 Å². The molecule has 3 nitrogen and oxygen atoms in total. The van der Waals surface area contributed by atoms with Gasteiger partial charge < -0.3 is 0 Å². The van der Waals surface area contributed by atoms with Gasteiger partial charge in [0.1, 0.15) is 0 Å². The van der Waals surface area contributed by atoms with Crippen molar-refractivity contribution in [3.05, 3.63) is 59.7 Å². The fourth-order valence-corrected chi connectivity index (χ4v) is 1.38. The Bertz CT molecular complexity index is 480. The standard InChI is InChI=1S/C12H10N2O/c1-9-11(5-3-7-14-9)12(15)10-4-2-6-13-8-10/h2-8H,1H3. The van der Waals surface area contributed by atoms with Crippen LogP contribution in [-0.2, 0) is 0 Å². The molecule has 2 aromatic rings. The summed E-state index contributed by atoms with van der Waals surface area (Å²) < 4.78 is 0. The summed E-state index contributed by atoms with van der Waals surface area (Å²) >= 11 is 0. The molecule has 0 radical (unpaired) electrons. The third-order valence-electron chi connectivity index (χ3n) is 2.18. The number of carbonyl (C=O) groups excluding carboxylic acids is 1. The highest BCUT2D eigenvalue weighted by Crippen LogP contribution is 2.10. The third kappa shape index (κ3) is 1.91. The first-order valence-electron chi connectivity index (χ1n) is 4.65. The molecule has 0 aliphatic carbocycles. The first kappa shape index (κ1) is 9.52. The fourth-order valence-electron chi connectivity index (χ4n) is 1.38. The Morgan fingerprint density at radius 1 is 1.20 bits per heavy atom. The van der Waals surface area contributed by atoms with Crippen molar-refractivity contribution in [3.63, 3.8) is 0 Å². The van der Waals surface area contributed by atoms with E-state index in [0.717, 1.165) is 5.69 Å². The maximum absolute atomic E-state index is 12.0. The molecule has 0 bridgehead atoms. The number of rotatable bonds is 2. The van der Waals surface area contributed by atoms with Gasteiger partial charge in [0, 0.05) is 35.4 Å². The molecule has 2 rings (SSSR count). The number of carbonyl (C=O) groups is 1. The highest BCUT2D eigenvalue weighted by atomic mass is 16.1. The summed E-state index contributed by atoms with van der Waals surface area (Å²) in [5.74, 6) is -0.0336. The molecule has 74 valence electrons. The van der Waals surface area contributed by atoms with E-state index < -0.39 is 0 Å². The van der Waals surface area contributed by atoms with Crippen molar-refractivity contribution in [3.8, 4) is 0 Å². The van der Waals surface area contributed by atoms with Crippen LogP contribution in [0.15, 0.2) is 42.9 Å². The van der Waals surface area contributed by atoms with Gasteiger partial charge in [-0.3, -0.25) is 14.8 Å².